The molecule has 0 aliphatic carbocycles. The van der Waals surface area contributed by atoms with Gasteiger partial charge in [-0.25, -0.2) is 9.78 Å². The zero-order valence-corrected chi connectivity index (χ0v) is 14.9. The van der Waals surface area contributed by atoms with Gasteiger partial charge in [-0.3, -0.25) is 0 Å². The molecule has 0 N–H and O–H groups in total. The van der Waals surface area contributed by atoms with Gasteiger partial charge in [0.2, 0.25) is 0 Å². The number of ether oxygens (including phenoxy) is 1. The smallest absolute Gasteiger partial charge is 0.339 e. The molecule has 0 amide bonds. The summed E-state index contributed by atoms with van der Waals surface area (Å²) in [5.41, 5.74) is 2.32. The van der Waals surface area contributed by atoms with E-state index in [1.54, 1.807) is 35.2 Å². The molecule has 1 aromatic carbocycles. The molecule has 0 atom stereocenters. The van der Waals surface area contributed by atoms with Gasteiger partial charge >= 0.3 is 5.97 Å². The third kappa shape index (κ3) is 4.24. The molecule has 124 valence electrons. The van der Waals surface area contributed by atoms with E-state index < -0.39 is 0 Å². The Hall–Kier alpha value is -2.12. The van der Waals surface area contributed by atoms with Crippen LogP contribution in [0.15, 0.2) is 45.1 Å². The lowest BCUT2D eigenvalue weighted by atomic mass is 10.2. The van der Waals surface area contributed by atoms with Gasteiger partial charge in [-0.2, -0.15) is 0 Å². The van der Waals surface area contributed by atoms with Crippen molar-refractivity contribution in [2.45, 2.75) is 31.1 Å². The van der Waals surface area contributed by atoms with E-state index in [1.165, 1.54) is 0 Å². The van der Waals surface area contributed by atoms with E-state index in [4.69, 9.17) is 9.26 Å². The second kappa shape index (κ2) is 7.63. The first-order chi connectivity index (χ1) is 11.6. The van der Waals surface area contributed by atoms with Crippen molar-refractivity contribution in [2.75, 3.05) is 0 Å². The van der Waals surface area contributed by atoms with Gasteiger partial charge in [0.05, 0.1) is 22.0 Å². The Balaban J connectivity index is 1.65. The normalized spacial score (nSPS) is 10.8. The molecule has 0 spiro atoms. The van der Waals surface area contributed by atoms with Crippen LogP contribution < -0.4 is 0 Å². The Morgan fingerprint density at radius 3 is 2.88 bits per heavy atom. The van der Waals surface area contributed by atoms with Crippen LogP contribution in [0.3, 0.4) is 0 Å². The molecule has 5 nitrogen and oxygen atoms in total. The number of nitrogens with zero attached hydrogens (tertiary/aromatic N) is 2. The van der Waals surface area contributed by atoms with E-state index in [0.717, 1.165) is 27.0 Å². The molecule has 7 heteroatoms. The van der Waals surface area contributed by atoms with Gasteiger partial charge in [0.1, 0.15) is 0 Å². The molecule has 0 fully saturated rings. The van der Waals surface area contributed by atoms with Crippen molar-refractivity contribution < 1.29 is 14.1 Å². The van der Waals surface area contributed by atoms with Crippen molar-refractivity contribution in [3.63, 3.8) is 0 Å². The highest BCUT2D eigenvalue weighted by atomic mass is 32.2. The average molecular weight is 360 g/mol. The van der Waals surface area contributed by atoms with Gasteiger partial charge in [0, 0.05) is 22.1 Å². The van der Waals surface area contributed by atoms with Crippen LogP contribution in [0.25, 0.3) is 0 Å². The standard InChI is InChI=1S/C17H16N2O3S2/c1-11-7-14(22-19-11)8-21-17(20)15-5-3-4-6-16(15)24-10-13-9-23-12(2)18-13/h3-7,9H,8,10H2,1-2H3. The van der Waals surface area contributed by atoms with Crippen LogP contribution in [-0.2, 0) is 17.1 Å². The summed E-state index contributed by atoms with van der Waals surface area (Å²) in [5.74, 6) is 0.876. The molecule has 2 aromatic heterocycles. The second-order valence-electron chi connectivity index (χ2n) is 5.15. The van der Waals surface area contributed by atoms with E-state index >= 15 is 0 Å². The number of rotatable bonds is 6. The highest BCUT2D eigenvalue weighted by Gasteiger charge is 2.14. The molecule has 0 aliphatic heterocycles. The Kier molecular flexibility index (Phi) is 5.32. The fraction of sp³-hybridized carbons (Fsp3) is 0.235. The number of aryl methyl sites for hydroxylation is 2. The van der Waals surface area contributed by atoms with Gasteiger partial charge in [0.15, 0.2) is 12.4 Å². The zero-order valence-electron chi connectivity index (χ0n) is 13.3. The van der Waals surface area contributed by atoms with Gasteiger partial charge in [-0.1, -0.05) is 17.3 Å². The molecule has 0 unspecified atom stereocenters. The topological polar surface area (TPSA) is 65.2 Å². The van der Waals surface area contributed by atoms with Crippen LogP contribution in [-0.4, -0.2) is 16.1 Å². The summed E-state index contributed by atoms with van der Waals surface area (Å²) in [6, 6.07) is 9.16. The highest BCUT2D eigenvalue weighted by Crippen LogP contribution is 2.27. The molecule has 0 radical (unpaired) electrons. The maximum absolute atomic E-state index is 12.3. The summed E-state index contributed by atoms with van der Waals surface area (Å²) in [7, 11) is 0. The van der Waals surface area contributed by atoms with Gasteiger partial charge in [0.25, 0.3) is 0 Å². The highest BCUT2D eigenvalue weighted by molar-refractivity contribution is 7.98. The third-order valence-electron chi connectivity index (χ3n) is 3.17. The largest absolute Gasteiger partial charge is 0.454 e. The van der Waals surface area contributed by atoms with Crippen molar-refractivity contribution >= 4 is 29.1 Å². The number of hydrogen-bond donors (Lipinski definition) is 0. The molecule has 0 saturated heterocycles. The number of carbonyl (C=O) groups is 1. The average Bonchev–Trinajstić information content (AvgIpc) is 3.19. The van der Waals surface area contributed by atoms with E-state index in [9.17, 15) is 4.79 Å². The summed E-state index contributed by atoms with van der Waals surface area (Å²) in [4.78, 5) is 17.7. The van der Waals surface area contributed by atoms with Crippen LogP contribution in [0.2, 0.25) is 0 Å². The van der Waals surface area contributed by atoms with Crippen molar-refractivity contribution in [3.8, 4) is 0 Å². The predicted octanol–water partition coefficient (Wildman–Crippen LogP) is 4.40. The molecular formula is C17H16N2O3S2. The fourth-order valence-corrected chi connectivity index (χ4v) is 3.74. The number of aromatic nitrogens is 2. The number of benzene rings is 1. The second-order valence-corrected chi connectivity index (χ2v) is 7.23. The molecule has 3 rings (SSSR count). The number of carbonyl (C=O) groups excluding carboxylic acids is 1. The lowest BCUT2D eigenvalue weighted by Gasteiger charge is -2.08. The van der Waals surface area contributed by atoms with Gasteiger partial charge < -0.3 is 9.26 Å². The number of thiazole rings is 1. The number of thioether (sulfide) groups is 1. The van der Waals surface area contributed by atoms with Crippen molar-refractivity contribution in [3.05, 3.63) is 63.4 Å². The minimum absolute atomic E-state index is 0.0734. The fourth-order valence-electron chi connectivity index (χ4n) is 2.09. The van der Waals surface area contributed by atoms with Gasteiger partial charge in [-0.15, -0.1) is 23.1 Å². The minimum Gasteiger partial charge on any atom is -0.454 e. The van der Waals surface area contributed by atoms with E-state index in [1.807, 2.05) is 37.4 Å². The summed E-state index contributed by atoms with van der Waals surface area (Å²) in [6.45, 7) is 3.88. The van der Waals surface area contributed by atoms with Crippen LogP contribution >= 0.6 is 23.1 Å². The Labute approximate surface area is 148 Å². The van der Waals surface area contributed by atoms with Crippen molar-refractivity contribution in [1.82, 2.24) is 10.1 Å². The minimum atomic E-state index is -0.374. The summed E-state index contributed by atoms with van der Waals surface area (Å²) < 4.78 is 10.4. The third-order valence-corrected chi connectivity index (χ3v) is 5.10. The van der Waals surface area contributed by atoms with Crippen LogP contribution in [0.4, 0.5) is 0 Å². The quantitative estimate of drug-likeness (QED) is 0.479. The molecule has 0 saturated carbocycles. The first-order valence-corrected chi connectivity index (χ1v) is 9.20. The monoisotopic (exact) mass is 360 g/mol. The SMILES string of the molecule is Cc1cc(COC(=O)c2ccccc2SCc2csc(C)n2)on1. The molecule has 0 bridgehead atoms. The molecule has 0 aliphatic rings. The first kappa shape index (κ1) is 16.7. The lowest BCUT2D eigenvalue weighted by molar-refractivity contribution is 0.0433. The molecule has 3 aromatic rings. The summed E-state index contributed by atoms with van der Waals surface area (Å²) in [5, 5.41) is 6.85. The maximum atomic E-state index is 12.3. The lowest BCUT2D eigenvalue weighted by Crippen LogP contribution is -2.06. The van der Waals surface area contributed by atoms with E-state index in [2.05, 4.69) is 10.1 Å². The number of hydrogen-bond acceptors (Lipinski definition) is 7. The van der Waals surface area contributed by atoms with Crippen molar-refractivity contribution in [1.29, 1.82) is 0 Å². The predicted molar refractivity (Wildman–Crippen MR) is 93.2 cm³/mol. The van der Waals surface area contributed by atoms with E-state index in [-0.39, 0.29) is 12.6 Å². The van der Waals surface area contributed by atoms with Crippen LogP contribution in [0.1, 0.15) is 32.5 Å². The maximum Gasteiger partial charge on any atom is 0.339 e. The first-order valence-electron chi connectivity index (χ1n) is 7.34. The molecule has 24 heavy (non-hydrogen) atoms. The van der Waals surface area contributed by atoms with Crippen LogP contribution in [0.5, 0.6) is 0 Å². The van der Waals surface area contributed by atoms with Crippen LogP contribution in [0, 0.1) is 13.8 Å². The summed E-state index contributed by atoms with van der Waals surface area (Å²) in [6.07, 6.45) is 0. The Morgan fingerprint density at radius 1 is 1.33 bits per heavy atom. The molecule has 2 heterocycles. The Bertz CT molecular complexity index is 842. The van der Waals surface area contributed by atoms with E-state index in [0.29, 0.717) is 11.3 Å². The number of esters is 1. The zero-order chi connectivity index (χ0) is 16.9. The Morgan fingerprint density at radius 2 is 2.17 bits per heavy atom. The van der Waals surface area contributed by atoms with Crippen molar-refractivity contribution in [2.24, 2.45) is 0 Å². The molecular weight excluding hydrogens is 344 g/mol. The van der Waals surface area contributed by atoms with Gasteiger partial charge in [-0.05, 0) is 26.0 Å². The summed E-state index contributed by atoms with van der Waals surface area (Å²) >= 11 is 3.20.